The minimum atomic E-state index is -4.43. The number of pyridine rings is 1. The second-order valence-corrected chi connectivity index (χ2v) is 4.90. The molecular formula is C16H15F3N2O. The van der Waals surface area contributed by atoms with Crippen LogP contribution in [0.3, 0.4) is 0 Å². The van der Waals surface area contributed by atoms with Crippen LogP contribution in [-0.2, 0) is 23.9 Å². The fourth-order valence-corrected chi connectivity index (χ4v) is 2.07. The Labute approximate surface area is 126 Å². The number of likely N-dealkylation sites (N-methyl/N-ethyl adjacent to an activating group) is 1. The Hall–Kier alpha value is -2.37. The summed E-state index contributed by atoms with van der Waals surface area (Å²) < 4.78 is 38.8. The number of hydrogen-bond acceptors (Lipinski definition) is 2. The summed E-state index contributed by atoms with van der Waals surface area (Å²) in [6.07, 6.45) is -2.80. The third-order valence-electron chi connectivity index (χ3n) is 3.21. The lowest BCUT2D eigenvalue weighted by atomic mass is 10.1. The summed E-state index contributed by atoms with van der Waals surface area (Å²) in [5.74, 6) is -0.282. The molecule has 0 saturated heterocycles. The Morgan fingerprint density at radius 3 is 2.45 bits per heavy atom. The van der Waals surface area contributed by atoms with Crippen molar-refractivity contribution in [2.24, 2.45) is 0 Å². The van der Waals surface area contributed by atoms with Crippen LogP contribution in [0, 0.1) is 0 Å². The Morgan fingerprint density at radius 1 is 1.14 bits per heavy atom. The van der Waals surface area contributed by atoms with Crippen LogP contribution in [0.15, 0.2) is 48.7 Å². The van der Waals surface area contributed by atoms with E-state index >= 15 is 0 Å². The van der Waals surface area contributed by atoms with Crippen molar-refractivity contribution < 1.29 is 18.0 Å². The van der Waals surface area contributed by atoms with Crippen molar-refractivity contribution in [3.63, 3.8) is 0 Å². The maximum absolute atomic E-state index is 12.9. The fraction of sp³-hybridized carbons (Fsp3) is 0.250. The zero-order chi connectivity index (χ0) is 16.2. The maximum atomic E-state index is 12.9. The van der Waals surface area contributed by atoms with Gasteiger partial charge in [-0.1, -0.05) is 24.3 Å². The van der Waals surface area contributed by atoms with Gasteiger partial charge in [0, 0.05) is 25.5 Å². The summed E-state index contributed by atoms with van der Waals surface area (Å²) in [4.78, 5) is 17.4. The molecule has 2 aromatic rings. The molecule has 0 spiro atoms. The molecule has 0 bridgehead atoms. The van der Waals surface area contributed by atoms with E-state index in [0.717, 1.165) is 6.07 Å². The summed E-state index contributed by atoms with van der Waals surface area (Å²) in [6, 6.07) is 10.5. The van der Waals surface area contributed by atoms with Gasteiger partial charge in [-0.15, -0.1) is 0 Å². The highest BCUT2D eigenvalue weighted by molar-refractivity contribution is 5.78. The highest BCUT2D eigenvalue weighted by Gasteiger charge is 2.33. The molecule has 0 atom stereocenters. The van der Waals surface area contributed by atoms with Crippen LogP contribution in [0.1, 0.15) is 16.8 Å². The van der Waals surface area contributed by atoms with Gasteiger partial charge in [0.1, 0.15) is 0 Å². The number of amides is 1. The number of benzene rings is 1. The molecule has 0 radical (unpaired) electrons. The summed E-state index contributed by atoms with van der Waals surface area (Å²) in [5, 5.41) is 0. The van der Waals surface area contributed by atoms with E-state index < -0.39 is 11.7 Å². The first-order chi connectivity index (χ1) is 10.4. The number of nitrogens with zero attached hydrogens (tertiary/aromatic N) is 2. The molecule has 0 N–H and O–H groups in total. The average Bonchev–Trinajstić information content (AvgIpc) is 2.47. The minimum Gasteiger partial charge on any atom is -0.341 e. The van der Waals surface area contributed by atoms with Crippen molar-refractivity contribution >= 4 is 5.91 Å². The van der Waals surface area contributed by atoms with Crippen LogP contribution in [0.5, 0.6) is 0 Å². The average molecular weight is 308 g/mol. The molecule has 0 aliphatic heterocycles. The van der Waals surface area contributed by atoms with Gasteiger partial charge in [0.15, 0.2) is 0 Å². The molecule has 0 unspecified atom stereocenters. The van der Waals surface area contributed by atoms with Gasteiger partial charge in [0.05, 0.1) is 12.0 Å². The molecule has 0 fully saturated rings. The molecule has 1 heterocycles. The van der Waals surface area contributed by atoms with E-state index in [9.17, 15) is 18.0 Å². The summed E-state index contributed by atoms with van der Waals surface area (Å²) in [6.45, 7) is -0.0959. The Balaban J connectivity index is 2.09. The summed E-state index contributed by atoms with van der Waals surface area (Å²) >= 11 is 0. The van der Waals surface area contributed by atoms with E-state index in [2.05, 4.69) is 4.98 Å². The number of halogens is 3. The lowest BCUT2D eigenvalue weighted by Crippen LogP contribution is -2.29. The van der Waals surface area contributed by atoms with E-state index in [-0.39, 0.29) is 24.4 Å². The number of aromatic nitrogens is 1. The first-order valence-electron chi connectivity index (χ1n) is 6.67. The summed E-state index contributed by atoms with van der Waals surface area (Å²) in [7, 11) is 1.48. The second-order valence-electron chi connectivity index (χ2n) is 4.90. The summed E-state index contributed by atoms with van der Waals surface area (Å²) in [5.41, 5.74) is -0.0530. The van der Waals surface area contributed by atoms with Gasteiger partial charge in [-0.25, -0.2) is 0 Å². The zero-order valence-electron chi connectivity index (χ0n) is 12.0. The third kappa shape index (κ3) is 4.07. The van der Waals surface area contributed by atoms with E-state index in [1.54, 1.807) is 24.4 Å². The van der Waals surface area contributed by atoms with Crippen molar-refractivity contribution in [1.82, 2.24) is 9.88 Å². The molecule has 1 amide bonds. The van der Waals surface area contributed by atoms with Crippen LogP contribution in [0.2, 0.25) is 0 Å². The van der Waals surface area contributed by atoms with Crippen molar-refractivity contribution in [2.45, 2.75) is 19.1 Å². The van der Waals surface area contributed by atoms with E-state index in [4.69, 9.17) is 0 Å². The highest BCUT2D eigenvalue weighted by atomic mass is 19.4. The Kier molecular flexibility index (Phi) is 4.80. The molecule has 0 saturated carbocycles. The zero-order valence-corrected chi connectivity index (χ0v) is 12.0. The largest absolute Gasteiger partial charge is 0.416 e. The molecule has 0 aliphatic rings. The van der Waals surface area contributed by atoms with Gasteiger partial charge >= 0.3 is 6.18 Å². The molecule has 22 heavy (non-hydrogen) atoms. The Morgan fingerprint density at radius 2 is 1.82 bits per heavy atom. The molecular weight excluding hydrogens is 293 g/mol. The number of alkyl halides is 3. The number of rotatable bonds is 4. The fourth-order valence-electron chi connectivity index (χ4n) is 2.07. The van der Waals surface area contributed by atoms with E-state index in [1.165, 1.54) is 30.1 Å². The first kappa shape index (κ1) is 16.0. The quantitative estimate of drug-likeness (QED) is 0.868. The molecule has 0 aliphatic carbocycles. The van der Waals surface area contributed by atoms with Gasteiger partial charge < -0.3 is 4.90 Å². The Bertz CT molecular complexity index is 641. The van der Waals surface area contributed by atoms with Gasteiger partial charge in [-0.05, 0) is 23.8 Å². The number of carbonyl (C=O) groups excluding carboxylic acids is 1. The molecule has 3 nitrogen and oxygen atoms in total. The number of hydrogen-bond donors (Lipinski definition) is 0. The van der Waals surface area contributed by atoms with Gasteiger partial charge in [0.25, 0.3) is 0 Å². The molecule has 2 rings (SSSR count). The van der Waals surface area contributed by atoms with Crippen molar-refractivity contribution in [3.8, 4) is 0 Å². The highest BCUT2D eigenvalue weighted by Crippen LogP contribution is 2.32. The van der Waals surface area contributed by atoms with Crippen molar-refractivity contribution in [1.29, 1.82) is 0 Å². The van der Waals surface area contributed by atoms with Crippen LogP contribution in [-0.4, -0.2) is 22.8 Å². The first-order valence-corrected chi connectivity index (χ1v) is 6.67. The van der Waals surface area contributed by atoms with E-state index in [0.29, 0.717) is 5.69 Å². The predicted octanol–water partition coefficient (Wildman–Crippen LogP) is 3.30. The SMILES string of the molecule is CN(Cc1ccccc1C(F)(F)F)C(=O)Cc1ccccn1. The topological polar surface area (TPSA) is 33.2 Å². The maximum Gasteiger partial charge on any atom is 0.416 e. The second kappa shape index (κ2) is 6.60. The predicted molar refractivity (Wildman–Crippen MR) is 75.9 cm³/mol. The molecule has 6 heteroatoms. The van der Waals surface area contributed by atoms with Gasteiger partial charge in [-0.2, -0.15) is 13.2 Å². The smallest absolute Gasteiger partial charge is 0.341 e. The van der Waals surface area contributed by atoms with Crippen LogP contribution >= 0.6 is 0 Å². The van der Waals surface area contributed by atoms with Crippen LogP contribution in [0.25, 0.3) is 0 Å². The lowest BCUT2D eigenvalue weighted by molar-refractivity contribution is -0.139. The molecule has 116 valence electrons. The van der Waals surface area contributed by atoms with E-state index in [1.807, 2.05) is 0 Å². The van der Waals surface area contributed by atoms with Gasteiger partial charge in [-0.3, -0.25) is 9.78 Å². The third-order valence-corrected chi connectivity index (χ3v) is 3.21. The van der Waals surface area contributed by atoms with Gasteiger partial charge in [0.2, 0.25) is 5.91 Å². The van der Waals surface area contributed by atoms with Crippen LogP contribution in [0.4, 0.5) is 13.2 Å². The van der Waals surface area contributed by atoms with Crippen molar-refractivity contribution in [3.05, 3.63) is 65.5 Å². The minimum absolute atomic E-state index is 0.0610. The monoisotopic (exact) mass is 308 g/mol. The molecule has 1 aromatic carbocycles. The normalized spacial score (nSPS) is 11.3. The lowest BCUT2D eigenvalue weighted by Gasteiger charge is -2.20. The standard InChI is InChI=1S/C16H15F3N2O/c1-21(15(22)10-13-7-4-5-9-20-13)11-12-6-2-3-8-14(12)16(17,18)19/h2-9H,10-11H2,1H3. The van der Waals surface area contributed by atoms with Crippen molar-refractivity contribution in [2.75, 3.05) is 7.05 Å². The van der Waals surface area contributed by atoms with Crippen LogP contribution < -0.4 is 0 Å². The number of carbonyl (C=O) groups is 1. The molecule has 1 aromatic heterocycles.